The predicted molar refractivity (Wildman–Crippen MR) is 108 cm³/mol. The Hall–Kier alpha value is -2.90. The summed E-state index contributed by atoms with van der Waals surface area (Å²) in [6.07, 6.45) is 7.87. The van der Waals surface area contributed by atoms with Gasteiger partial charge in [-0.05, 0) is 67.4 Å². The highest BCUT2D eigenvalue weighted by atomic mass is 16.4. The molecule has 8 heteroatoms. The molecule has 6 rings (SSSR count). The number of carbonyl (C=O) groups is 3. The van der Waals surface area contributed by atoms with Gasteiger partial charge in [0.05, 0.1) is 6.42 Å². The van der Waals surface area contributed by atoms with Crippen LogP contribution in [0.25, 0.3) is 5.65 Å². The van der Waals surface area contributed by atoms with E-state index in [1.54, 1.807) is 22.6 Å². The Morgan fingerprint density at radius 3 is 2.60 bits per heavy atom. The summed E-state index contributed by atoms with van der Waals surface area (Å²) in [6, 6.07) is 5.22. The molecular formula is C22H26N4O4. The van der Waals surface area contributed by atoms with Crippen LogP contribution in [-0.4, -0.2) is 45.4 Å². The molecule has 8 nitrogen and oxygen atoms in total. The Morgan fingerprint density at radius 1 is 1.10 bits per heavy atom. The summed E-state index contributed by atoms with van der Waals surface area (Å²) in [4.78, 5) is 40.1. The van der Waals surface area contributed by atoms with Crippen molar-refractivity contribution >= 4 is 23.4 Å². The average molecular weight is 410 g/mol. The first kappa shape index (κ1) is 19.1. The summed E-state index contributed by atoms with van der Waals surface area (Å²) in [5.74, 6) is 0.859. The number of hydrogen-bond acceptors (Lipinski definition) is 4. The largest absolute Gasteiger partial charge is 0.481 e. The van der Waals surface area contributed by atoms with Crippen molar-refractivity contribution in [3.8, 4) is 0 Å². The van der Waals surface area contributed by atoms with Crippen LogP contribution in [0.1, 0.15) is 59.5 Å². The average Bonchev–Trinajstić information content (AvgIpc) is 3.32. The van der Waals surface area contributed by atoms with Gasteiger partial charge in [0.2, 0.25) is 0 Å². The minimum absolute atomic E-state index is 0.0284. The second-order valence-electron chi connectivity index (χ2n) is 9.25. The number of carbonyl (C=O) groups excluding carboxylic acids is 2. The van der Waals surface area contributed by atoms with E-state index in [0.29, 0.717) is 11.3 Å². The second kappa shape index (κ2) is 7.11. The monoisotopic (exact) mass is 410 g/mol. The predicted octanol–water partition coefficient (Wildman–Crippen LogP) is 2.09. The number of carboxylic acid groups (broad SMARTS) is 1. The first-order valence-electron chi connectivity index (χ1n) is 10.7. The van der Waals surface area contributed by atoms with Crippen LogP contribution < -0.4 is 10.6 Å². The molecule has 4 fully saturated rings. The summed E-state index contributed by atoms with van der Waals surface area (Å²) in [5, 5.41) is 14.4. The van der Waals surface area contributed by atoms with E-state index in [1.807, 2.05) is 0 Å². The van der Waals surface area contributed by atoms with E-state index in [-0.39, 0.29) is 30.0 Å². The van der Waals surface area contributed by atoms with Crippen molar-refractivity contribution in [2.75, 3.05) is 13.1 Å². The van der Waals surface area contributed by atoms with Gasteiger partial charge in [-0.1, -0.05) is 6.07 Å². The lowest BCUT2D eigenvalue weighted by atomic mass is 9.75. The number of aliphatic carboxylic acids is 1. The molecule has 4 aliphatic rings. The maximum Gasteiger partial charge on any atom is 0.305 e. The fraction of sp³-hybridized carbons (Fsp3) is 0.545. The molecule has 0 saturated heterocycles. The zero-order chi connectivity index (χ0) is 20.9. The van der Waals surface area contributed by atoms with Crippen LogP contribution in [0.4, 0.5) is 0 Å². The van der Waals surface area contributed by atoms with Crippen molar-refractivity contribution in [3.63, 3.8) is 0 Å². The van der Waals surface area contributed by atoms with Gasteiger partial charge in [0.25, 0.3) is 11.8 Å². The highest BCUT2D eigenvalue weighted by Gasteiger charge is 2.57. The van der Waals surface area contributed by atoms with E-state index in [2.05, 4.69) is 15.6 Å². The van der Waals surface area contributed by atoms with E-state index >= 15 is 0 Å². The molecule has 4 bridgehead atoms. The molecule has 2 unspecified atom stereocenters. The SMILES string of the molecule is O=C(O)CCNC(=O)c1cn2c(C(=O)NCC34CC5CC(CC3C5)C4)cccc2n1. The Labute approximate surface area is 174 Å². The molecule has 30 heavy (non-hydrogen) atoms. The maximum absolute atomic E-state index is 13.0. The van der Waals surface area contributed by atoms with Crippen LogP contribution in [0.2, 0.25) is 0 Å². The molecule has 0 aliphatic heterocycles. The number of imidazole rings is 1. The van der Waals surface area contributed by atoms with Crippen LogP contribution in [0.5, 0.6) is 0 Å². The fourth-order valence-electron chi connectivity index (χ4n) is 6.28. The first-order chi connectivity index (χ1) is 14.4. The number of nitrogens with one attached hydrogen (secondary N) is 2. The lowest BCUT2D eigenvalue weighted by molar-refractivity contribution is -0.136. The number of carboxylic acids is 1. The topological polar surface area (TPSA) is 113 Å². The standard InChI is InChI=1S/C22H26N4O4/c27-19(28)4-5-23-20(29)16-11-26-17(2-1-3-18(26)25-16)21(30)24-12-22-9-13-6-14(10-22)8-15(22)7-13/h1-3,11,13-15H,4-10,12H2,(H,23,29)(H,24,30)(H,27,28). The fourth-order valence-corrected chi connectivity index (χ4v) is 6.28. The third kappa shape index (κ3) is 3.24. The minimum Gasteiger partial charge on any atom is -0.481 e. The van der Waals surface area contributed by atoms with Crippen molar-refractivity contribution in [1.29, 1.82) is 0 Å². The third-order valence-corrected chi connectivity index (χ3v) is 7.34. The number of aromatic nitrogens is 2. The van der Waals surface area contributed by atoms with Crippen molar-refractivity contribution in [2.45, 2.75) is 38.5 Å². The Balaban J connectivity index is 1.29. The van der Waals surface area contributed by atoms with Crippen LogP contribution >= 0.6 is 0 Å². The Morgan fingerprint density at radius 2 is 1.87 bits per heavy atom. The Kier molecular flexibility index (Phi) is 4.52. The maximum atomic E-state index is 13.0. The van der Waals surface area contributed by atoms with E-state index in [0.717, 1.165) is 24.3 Å². The summed E-state index contributed by atoms with van der Waals surface area (Å²) < 4.78 is 1.62. The molecule has 2 amide bonds. The van der Waals surface area contributed by atoms with Gasteiger partial charge in [0, 0.05) is 19.3 Å². The molecule has 0 aromatic carbocycles. The third-order valence-electron chi connectivity index (χ3n) is 7.34. The highest BCUT2D eigenvalue weighted by Crippen LogP contribution is 2.65. The molecule has 0 spiro atoms. The van der Waals surface area contributed by atoms with E-state index < -0.39 is 11.9 Å². The summed E-state index contributed by atoms with van der Waals surface area (Å²) in [7, 11) is 0. The van der Waals surface area contributed by atoms with Gasteiger partial charge in [-0.25, -0.2) is 4.98 Å². The van der Waals surface area contributed by atoms with E-state index in [4.69, 9.17) is 5.11 Å². The molecule has 4 aliphatic carbocycles. The van der Waals surface area contributed by atoms with E-state index in [9.17, 15) is 14.4 Å². The molecule has 2 aromatic heterocycles. The van der Waals surface area contributed by atoms with Gasteiger partial charge in [-0.2, -0.15) is 0 Å². The van der Waals surface area contributed by atoms with Crippen molar-refractivity contribution in [1.82, 2.24) is 20.0 Å². The van der Waals surface area contributed by atoms with Crippen LogP contribution in [0.3, 0.4) is 0 Å². The molecule has 2 heterocycles. The molecule has 4 saturated carbocycles. The summed E-state index contributed by atoms with van der Waals surface area (Å²) in [6.45, 7) is 0.748. The molecule has 2 aromatic rings. The number of rotatable bonds is 7. The van der Waals surface area contributed by atoms with Gasteiger partial charge in [0.1, 0.15) is 17.0 Å². The lowest BCUT2D eigenvalue weighted by Gasteiger charge is -2.33. The van der Waals surface area contributed by atoms with Gasteiger partial charge >= 0.3 is 5.97 Å². The second-order valence-corrected chi connectivity index (χ2v) is 9.25. The molecule has 3 N–H and O–H groups in total. The smallest absolute Gasteiger partial charge is 0.305 e. The minimum atomic E-state index is -0.979. The zero-order valence-corrected chi connectivity index (χ0v) is 16.8. The molecule has 2 atom stereocenters. The van der Waals surface area contributed by atoms with Crippen LogP contribution in [0.15, 0.2) is 24.4 Å². The number of pyridine rings is 1. The van der Waals surface area contributed by atoms with Gasteiger partial charge < -0.3 is 15.7 Å². The Bertz CT molecular complexity index is 1020. The summed E-state index contributed by atoms with van der Waals surface area (Å²) in [5.41, 5.74) is 1.39. The van der Waals surface area contributed by atoms with E-state index in [1.165, 1.54) is 38.3 Å². The van der Waals surface area contributed by atoms with Crippen LogP contribution in [0, 0.1) is 23.2 Å². The molecule has 158 valence electrons. The number of amides is 2. The number of fused-ring (bicyclic) bond motifs is 1. The lowest BCUT2D eigenvalue weighted by Crippen LogP contribution is -2.39. The quantitative estimate of drug-likeness (QED) is 0.647. The summed E-state index contributed by atoms with van der Waals surface area (Å²) >= 11 is 0. The molecule has 0 radical (unpaired) electrons. The molecular weight excluding hydrogens is 384 g/mol. The van der Waals surface area contributed by atoms with Gasteiger partial charge in [0.15, 0.2) is 0 Å². The normalized spacial score (nSPS) is 28.7. The van der Waals surface area contributed by atoms with Gasteiger partial charge in [-0.15, -0.1) is 0 Å². The number of nitrogens with zero attached hydrogens (tertiary/aromatic N) is 2. The number of hydrogen-bond donors (Lipinski definition) is 3. The van der Waals surface area contributed by atoms with Gasteiger partial charge in [-0.3, -0.25) is 18.8 Å². The first-order valence-corrected chi connectivity index (χ1v) is 10.7. The zero-order valence-electron chi connectivity index (χ0n) is 16.8. The van der Waals surface area contributed by atoms with Crippen molar-refractivity contribution < 1.29 is 19.5 Å². The highest BCUT2D eigenvalue weighted by molar-refractivity contribution is 5.95. The van der Waals surface area contributed by atoms with Crippen LogP contribution in [-0.2, 0) is 4.79 Å². The van der Waals surface area contributed by atoms with Crippen molar-refractivity contribution in [3.05, 3.63) is 35.8 Å². The van der Waals surface area contributed by atoms with Crippen molar-refractivity contribution in [2.24, 2.45) is 23.2 Å².